The van der Waals surface area contributed by atoms with E-state index in [-0.39, 0.29) is 24.9 Å². The third-order valence-electron chi connectivity index (χ3n) is 3.69. The van der Waals surface area contributed by atoms with Gasteiger partial charge in [-0.2, -0.15) is 0 Å². The van der Waals surface area contributed by atoms with Crippen LogP contribution in [0.3, 0.4) is 0 Å². The van der Waals surface area contributed by atoms with E-state index in [0.29, 0.717) is 28.7 Å². The topological polar surface area (TPSA) is 75.4 Å². The normalized spacial score (nSPS) is 17.2. The van der Waals surface area contributed by atoms with Crippen LogP contribution in [-0.2, 0) is 13.0 Å². The van der Waals surface area contributed by atoms with E-state index in [1.165, 1.54) is 4.57 Å². The van der Waals surface area contributed by atoms with Crippen molar-refractivity contribution in [2.45, 2.75) is 31.6 Å². The summed E-state index contributed by atoms with van der Waals surface area (Å²) in [6.45, 7) is 0.251. The number of hydrogen-bond donors (Lipinski definition) is 2. The van der Waals surface area contributed by atoms with Crippen molar-refractivity contribution in [3.05, 3.63) is 39.9 Å². The zero-order chi connectivity index (χ0) is 14.3. The predicted octanol–water partition coefficient (Wildman–Crippen LogP) is 0.395. The van der Waals surface area contributed by atoms with Crippen molar-refractivity contribution < 1.29 is 10.2 Å². The molecule has 0 radical (unpaired) electrons. The van der Waals surface area contributed by atoms with Crippen molar-refractivity contribution in [3.63, 3.8) is 0 Å². The molecule has 0 atom stereocenters. The van der Waals surface area contributed by atoms with Crippen LogP contribution in [0.15, 0.2) is 23.0 Å². The Morgan fingerprint density at radius 2 is 2.15 bits per heavy atom. The van der Waals surface area contributed by atoms with Gasteiger partial charge in [-0.3, -0.25) is 9.36 Å². The van der Waals surface area contributed by atoms with Crippen LogP contribution in [0.4, 0.5) is 0 Å². The summed E-state index contributed by atoms with van der Waals surface area (Å²) in [6.07, 6.45) is 5.98. The Balaban J connectivity index is 2.22. The first kappa shape index (κ1) is 12.9. The molecule has 5 heteroatoms. The number of rotatable bonds is 0. The average Bonchev–Trinajstić information content (AvgIpc) is 2.58. The van der Waals surface area contributed by atoms with Gasteiger partial charge in [-0.1, -0.05) is 5.92 Å². The molecule has 102 valence electrons. The highest BCUT2D eigenvalue weighted by Gasteiger charge is 2.28. The van der Waals surface area contributed by atoms with Crippen molar-refractivity contribution in [2.75, 3.05) is 0 Å². The standard InChI is InChI=1S/C15H14N2O3/c1-2-10-3-4-11-12(9-10)16-13-5-6-15(19,20)7-8-17(13)14(11)18/h1,3-4,9,19-20H,5-8H2. The van der Waals surface area contributed by atoms with Gasteiger partial charge in [0.15, 0.2) is 5.79 Å². The monoisotopic (exact) mass is 270 g/mol. The van der Waals surface area contributed by atoms with Gasteiger partial charge in [-0.05, 0) is 18.2 Å². The number of nitrogens with zero attached hydrogens (tertiary/aromatic N) is 2. The highest BCUT2D eigenvalue weighted by Crippen LogP contribution is 2.21. The minimum absolute atomic E-state index is 0.121. The van der Waals surface area contributed by atoms with Gasteiger partial charge < -0.3 is 10.2 Å². The molecule has 0 bridgehead atoms. The Morgan fingerprint density at radius 1 is 1.35 bits per heavy atom. The first-order valence-corrected chi connectivity index (χ1v) is 6.45. The third-order valence-corrected chi connectivity index (χ3v) is 3.69. The first-order chi connectivity index (χ1) is 9.50. The summed E-state index contributed by atoms with van der Waals surface area (Å²) in [6, 6.07) is 5.08. The number of fused-ring (bicyclic) bond motifs is 2. The molecule has 0 fully saturated rings. The van der Waals surface area contributed by atoms with Crippen LogP contribution in [-0.4, -0.2) is 25.6 Å². The smallest absolute Gasteiger partial charge is 0.261 e. The Kier molecular flexibility index (Phi) is 2.85. The Labute approximate surface area is 115 Å². The van der Waals surface area contributed by atoms with Gasteiger partial charge in [0.2, 0.25) is 0 Å². The third kappa shape index (κ3) is 2.09. The molecule has 1 aliphatic rings. The van der Waals surface area contributed by atoms with Crippen molar-refractivity contribution in [1.29, 1.82) is 0 Å². The minimum Gasteiger partial charge on any atom is -0.366 e. The van der Waals surface area contributed by atoms with Crippen molar-refractivity contribution in [2.24, 2.45) is 0 Å². The number of hydrogen-bond acceptors (Lipinski definition) is 4. The molecule has 0 aliphatic carbocycles. The van der Waals surface area contributed by atoms with E-state index in [4.69, 9.17) is 6.42 Å². The summed E-state index contributed by atoms with van der Waals surface area (Å²) in [5.41, 5.74) is 1.06. The van der Waals surface area contributed by atoms with Gasteiger partial charge >= 0.3 is 0 Å². The minimum atomic E-state index is -1.74. The van der Waals surface area contributed by atoms with E-state index in [1.807, 2.05) is 0 Å². The summed E-state index contributed by atoms with van der Waals surface area (Å²) in [4.78, 5) is 16.9. The van der Waals surface area contributed by atoms with Crippen LogP contribution < -0.4 is 5.56 Å². The van der Waals surface area contributed by atoms with Crippen LogP contribution >= 0.6 is 0 Å². The SMILES string of the molecule is C#Cc1ccc2c(=O)n3c(nc2c1)CCC(O)(O)CC3. The van der Waals surface area contributed by atoms with Crippen LogP contribution in [0, 0.1) is 12.3 Å². The summed E-state index contributed by atoms with van der Waals surface area (Å²) in [5.74, 6) is 1.35. The lowest BCUT2D eigenvalue weighted by molar-refractivity contribution is -0.169. The van der Waals surface area contributed by atoms with Crippen LogP contribution in [0.5, 0.6) is 0 Å². The highest BCUT2D eigenvalue weighted by atomic mass is 16.5. The van der Waals surface area contributed by atoms with Crippen LogP contribution in [0.1, 0.15) is 24.2 Å². The number of aliphatic hydroxyl groups is 2. The average molecular weight is 270 g/mol. The highest BCUT2D eigenvalue weighted by molar-refractivity contribution is 5.79. The zero-order valence-corrected chi connectivity index (χ0v) is 10.8. The maximum atomic E-state index is 12.4. The summed E-state index contributed by atoms with van der Waals surface area (Å²) >= 11 is 0. The molecule has 0 saturated carbocycles. The fourth-order valence-corrected chi connectivity index (χ4v) is 2.51. The second-order valence-corrected chi connectivity index (χ2v) is 5.09. The number of aryl methyl sites for hydroxylation is 1. The van der Waals surface area contributed by atoms with Gasteiger partial charge in [0.25, 0.3) is 5.56 Å². The second kappa shape index (κ2) is 4.44. The number of benzene rings is 1. The molecule has 0 unspecified atom stereocenters. The molecule has 0 amide bonds. The van der Waals surface area contributed by atoms with Gasteiger partial charge in [0, 0.05) is 31.4 Å². The maximum absolute atomic E-state index is 12.4. The first-order valence-electron chi connectivity index (χ1n) is 6.45. The summed E-state index contributed by atoms with van der Waals surface area (Å²) in [7, 11) is 0. The lowest BCUT2D eigenvalue weighted by Crippen LogP contribution is -2.29. The van der Waals surface area contributed by atoms with Gasteiger partial charge in [-0.25, -0.2) is 4.98 Å². The summed E-state index contributed by atoms with van der Waals surface area (Å²) < 4.78 is 1.52. The molecular formula is C15H14N2O3. The molecule has 2 heterocycles. The molecule has 3 rings (SSSR count). The molecule has 2 N–H and O–H groups in total. The molecule has 1 aromatic heterocycles. The van der Waals surface area contributed by atoms with E-state index in [2.05, 4.69) is 10.9 Å². The largest absolute Gasteiger partial charge is 0.366 e. The van der Waals surface area contributed by atoms with E-state index in [0.717, 1.165) is 0 Å². The maximum Gasteiger partial charge on any atom is 0.261 e. The van der Waals surface area contributed by atoms with Crippen molar-refractivity contribution >= 4 is 10.9 Å². The molecular weight excluding hydrogens is 256 g/mol. The molecule has 1 aromatic carbocycles. The molecule has 0 spiro atoms. The van der Waals surface area contributed by atoms with Crippen LogP contribution in [0.25, 0.3) is 10.9 Å². The Hall–Kier alpha value is -2.16. The van der Waals surface area contributed by atoms with Crippen LogP contribution in [0.2, 0.25) is 0 Å². The summed E-state index contributed by atoms with van der Waals surface area (Å²) in [5, 5.41) is 19.9. The van der Waals surface area contributed by atoms with E-state index >= 15 is 0 Å². The number of aromatic nitrogens is 2. The number of terminal acetylenes is 1. The predicted molar refractivity (Wildman–Crippen MR) is 74.0 cm³/mol. The molecule has 2 aromatic rings. The molecule has 5 nitrogen and oxygen atoms in total. The lowest BCUT2D eigenvalue weighted by Gasteiger charge is -2.17. The zero-order valence-electron chi connectivity index (χ0n) is 10.8. The van der Waals surface area contributed by atoms with Crippen molar-refractivity contribution in [1.82, 2.24) is 9.55 Å². The van der Waals surface area contributed by atoms with E-state index in [9.17, 15) is 15.0 Å². The van der Waals surface area contributed by atoms with Gasteiger partial charge in [0.05, 0.1) is 10.9 Å². The second-order valence-electron chi connectivity index (χ2n) is 5.09. The van der Waals surface area contributed by atoms with E-state index in [1.54, 1.807) is 18.2 Å². The van der Waals surface area contributed by atoms with Gasteiger partial charge in [0.1, 0.15) is 5.82 Å². The lowest BCUT2D eigenvalue weighted by atomic mass is 10.1. The van der Waals surface area contributed by atoms with Crippen molar-refractivity contribution in [3.8, 4) is 12.3 Å². The fraction of sp³-hybridized carbons (Fsp3) is 0.333. The Morgan fingerprint density at radius 3 is 2.90 bits per heavy atom. The Bertz CT molecular complexity index is 784. The quantitative estimate of drug-likeness (QED) is 0.536. The molecule has 1 aliphatic heterocycles. The van der Waals surface area contributed by atoms with E-state index < -0.39 is 5.79 Å². The van der Waals surface area contributed by atoms with Gasteiger partial charge in [-0.15, -0.1) is 6.42 Å². The molecule has 20 heavy (non-hydrogen) atoms. The fourth-order valence-electron chi connectivity index (χ4n) is 2.51. The molecule has 0 saturated heterocycles.